The average Bonchev–Trinajstić information content (AvgIpc) is 2.88. The molecule has 0 spiro atoms. The zero-order valence-electron chi connectivity index (χ0n) is 12.9. The highest BCUT2D eigenvalue weighted by atomic mass is 19.4. The summed E-state index contributed by atoms with van der Waals surface area (Å²) in [6, 6.07) is 1.67. The molecule has 0 radical (unpaired) electrons. The molecule has 1 saturated heterocycles. The smallest absolute Gasteiger partial charge is 0.380 e. The maximum absolute atomic E-state index is 12.7. The summed E-state index contributed by atoms with van der Waals surface area (Å²) in [5.41, 5.74) is -2.64. The highest BCUT2D eigenvalue weighted by Gasteiger charge is 2.54. The van der Waals surface area contributed by atoms with Gasteiger partial charge in [-0.05, 0) is 19.3 Å². The number of aryl methyl sites for hydroxylation is 1. The number of aliphatic hydroxyl groups is 1. The van der Waals surface area contributed by atoms with Gasteiger partial charge in [-0.2, -0.15) is 18.3 Å². The van der Waals surface area contributed by atoms with E-state index in [1.165, 1.54) is 0 Å². The fourth-order valence-electron chi connectivity index (χ4n) is 2.58. The third kappa shape index (κ3) is 4.23. The second kappa shape index (κ2) is 6.88. The second-order valence-electron chi connectivity index (χ2n) is 5.79. The van der Waals surface area contributed by atoms with Crippen molar-refractivity contribution >= 4 is 11.7 Å². The third-order valence-corrected chi connectivity index (χ3v) is 4.00. The van der Waals surface area contributed by atoms with E-state index in [9.17, 15) is 23.1 Å². The number of carbonyl (C=O) groups is 1. The molecule has 1 aromatic rings. The Morgan fingerprint density at radius 3 is 2.65 bits per heavy atom. The topological polar surface area (TPSA) is 70.4 Å². The van der Waals surface area contributed by atoms with Crippen LogP contribution in [0.25, 0.3) is 0 Å². The summed E-state index contributed by atoms with van der Waals surface area (Å²) < 4.78 is 39.8. The number of rotatable bonds is 5. The molecule has 0 aromatic carbocycles. The maximum atomic E-state index is 12.7. The van der Waals surface area contributed by atoms with Gasteiger partial charge in [-0.25, -0.2) is 4.68 Å². The number of nitrogens with zero attached hydrogens (tertiary/aromatic N) is 3. The Labute approximate surface area is 132 Å². The highest BCUT2D eigenvalue weighted by molar-refractivity contribution is 5.91. The van der Waals surface area contributed by atoms with Gasteiger partial charge in [0.15, 0.2) is 5.60 Å². The van der Waals surface area contributed by atoms with Gasteiger partial charge in [0.25, 0.3) is 0 Å². The van der Waals surface area contributed by atoms with Crippen molar-refractivity contribution in [3.63, 3.8) is 0 Å². The number of halogens is 3. The van der Waals surface area contributed by atoms with Gasteiger partial charge in [0, 0.05) is 25.7 Å². The zero-order valence-corrected chi connectivity index (χ0v) is 12.9. The first-order valence-corrected chi connectivity index (χ1v) is 7.58. The summed E-state index contributed by atoms with van der Waals surface area (Å²) in [6.45, 7) is 2.70. The molecule has 2 N–H and O–H groups in total. The summed E-state index contributed by atoms with van der Waals surface area (Å²) >= 11 is 0. The van der Waals surface area contributed by atoms with Crippen LogP contribution in [0.3, 0.4) is 0 Å². The van der Waals surface area contributed by atoms with Crippen molar-refractivity contribution in [1.82, 2.24) is 14.7 Å². The molecule has 1 amide bonds. The minimum absolute atomic E-state index is 0.00869. The van der Waals surface area contributed by atoms with Gasteiger partial charge < -0.3 is 10.4 Å². The van der Waals surface area contributed by atoms with Crippen LogP contribution in [0.1, 0.15) is 26.2 Å². The molecule has 2 heterocycles. The molecule has 1 aliphatic rings. The molecule has 6 nitrogen and oxygen atoms in total. The fourth-order valence-corrected chi connectivity index (χ4v) is 2.58. The van der Waals surface area contributed by atoms with E-state index < -0.39 is 24.6 Å². The van der Waals surface area contributed by atoms with Crippen LogP contribution in [0.2, 0.25) is 0 Å². The molecule has 0 saturated carbocycles. The normalized spacial score (nSPS) is 18.8. The minimum Gasteiger partial charge on any atom is -0.380 e. The van der Waals surface area contributed by atoms with E-state index in [0.717, 1.165) is 6.42 Å². The Kier molecular flexibility index (Phi) is 5.30. The quantitative estimate of drug-likeness (QED) is 0.858. The standard InChI is InChI=1S/C14H21F3N4O2/c1-2-7-21-11(3-6-18-21)19-12(22)10-20-8-4-13(23,5-9-20)14(15,16)17/h3,6,23H,2,4-5,7-10H2,1H3,(H,19,22). The Balaban J connectivity index is 1.84. The number of carbonyl (C=O) groups excluding carboxylic acids is 1. The summed E-state index contributed by atoms with van der Waals surface area (Å²) in [5.74, 6) is 0.265. The number of amides is 1. The van der Waals surface area contributed by atoms with Crippen LogP contribution in [0.15, 0.2) is 12.3 Å². The van der Waals surface area contributed by atoms with Gasteiger partial charge in [0.2, 0.25) is 5.91 Å². The molecule has 23 heavy (non-hydrogen) atoms. The van der Waals surface area contributed by atoms with Crippen molar-refractivity contribution in [2.75, 3.05) is 25.0 Å². The molecule has 2 rings (SSSR count). The number of nitrogens with one attached hydrogen (secondary N) is 1. The molecular weight excluding hydrogens is 313 g/mol. The van der Waals surface area contributed by atoms with Gasteiger partial charge in [0.1, 0.15) is 5.82 Å². The Morgan fingerprint density at radius 1 is 1.43 bits per heavy atom. The van der Waals surface area contributed by atoms with Crippen LogP contribution >= 0.6 is 0 Å². The number of hydrogen-bond acceptors (Lipinski definition) is 4. The Bertz CT molecular complexity index is 536. The lowest BCUT2D eigenvalue weighted by Crippen LogP contribution is -2.54. The van der Waals surface area contributed by atoms with Gasteiger partial charge in [-0.3, -0.25) is 9.69 Å². The molecule has 0 aliphatic carbocycles. The molecule has 1 fully saturated rings. The Morgan fingerprint density at radius 2 is 2.09 bits per heavy atom. The summed E-state index contributed by atoms with van der Waals surface area (Å²) in [7, 11) is 0. The minimum atomic E-state index is -4.63. The van der Waals surface area contributed by atoms with Gasteiger partial charge in [0.05, 0.1) is 12.7 Å². The summed E-state index contributed by atoms with van der Waals surface area (Å²) in [5, 5.41) is 16.4. The van der Waals surface area contributed by atoms with Crippen LogP contribution in [0.5, 0.6) is 0 Å². The van der Waals surface area contributed by atoms with Crippen LogP contribution in [0.4, 0.5) is 19.0 Å². The molecule has 0 bridgehead atoms. The molecule has 1 aliphatic heterocycles. The molecular formula is C14H21F3N4O2. The molecule has 9 heteroatoms. The van der Waals surface area contributed by atoms with Crippen LogP contribution in [-0.4, -0.2) is 57.1 Å². The van der Waals surface area contributed by atoms with Crippen molar-refractivity contribution in [2.24, 2.45) is 0 Å². The van der Waals surface area contributed by atoms with Crippen molar-refractivity contribution < 1.29 is 23.1 Å². The van der Waals surface area contributed by atoms with Crippen LogP contribution in [-0.2, 0) is 11.3 Å². The lowest BCUT2D eigenvalue weighted by molar-refractivity contribution is -0.272. The number of piperidine rings is 1. The van der Waals surface area contributed by atoms with Gasteiger partial charge in [-0.15, -0.1) is 0 Å². The first kappa shape index (κ1) is 17.7. The predicted octanol–water partition coefficient (Wildman–Crippen LogP) is 1.62. The number of hydrogen-bond donors (Lipinski definition) is 2. The molecule has 1 aromatic heterocycles. The van der Waals surface area contributed by atoms with Gasteiger partial charge >= 0.3 is 6.18 Å². The first-order valence-electron chi connectivity index (χ1n) is 7.58. The summed E-state index contributed by atoms with van der Waals surface area (Å²) in [6.07, 6.45) is -3.02. The fraction of sp³-hybridized carbons (Fsp3) is 0.714. The largest absolute Gasteiger partial charge is 0.417 e. The number of likely N-dealkylation sites (tertiary alicyclic amines) is 1. The molecule has 0 atom stereocenters. The van der Waals surface area contributed by atoms with Crippen LogP contribution < -0.4 is 5.32 Å². The van der Waals surface area contributed by atoms with E-state index in [0.29, 0.717) is 12.4 Å². The number of anilines is 1. The summed E-state index contributed by atoms with van der Waals surface area (Å²) in [4.78, 5) is 13.6. The van der Waals surface area contributed by atoms with Gasteiger partial charge in [-0.1, -0.05) is 6.92 Å². The van der Waals surface area contributed by atoms with E-state index in [2.05, 4.69) is 10.4 Å². The maximum Gasteiger partial charge on any atom is 0.417 e. The monoisotopic (exact) mass is 334 g/mol. The molecule has 130 valence electrons. The van der Waals surface area contributed by atoms with E-state index in [-0.39, 0.29) is 25.5 Å². The lowest BCUT2D eigenvalue weighted by atomic mass is 9.91. The second-order valence-corrected chi connectivity index (χ2v) is 5.79. The highest BCUT2D eigenvalue weighted by Crippen LogP contribution is 2.38. The predicted molar refractivity (Wildman–Crippen MR) is 77.8 cm³/mol. The average molecular weight is 334 g/mol. The number of aromatic nitrogens is 2. The van der Waals surface area contributed by atoms with E-state index in [1.807, 2.05) is 6.92 Å². The first-order chi connectivity index (χ1) is 10.7. The SMILES string of the molecule is CCCn1nccc1NC(=O)CN1CCC(O)(C(F)(F)F)CC1. The van der Waals surface area contributed by atoms with Crippen molar-refractivity contribution in [3.05, 3.63) is 12.3 Å². The third-order valence-electron chi connectivity index (χ3n) is 4.00. The lowest BCUT2D eigenvalue weighted by Gasteiger charge is -2.38. The Hall–Kier alpha value is -1.61. The van der Waals surface area contributed by atoms with Crippen LogP contribution in [0, 0.1) is 0 Å². The zero-order chi connectivity index (χ0) is 17.1. The van der Waals surface area contributed by atoms with Crippen molar-refractivity contribution in [1.29, 1.82) is 0 Å². The van der Waals surface area contributed by atoms with Crippen molar-refractivity contribution in [3.8, 4) is 0 Å². The molecule has 0 unspecified atom stereocenters. The van der Waals surface area contributed by atoms with E-state index in [4.69, 9.17) is 0 Å². The van der Waals surface area contributed by atoms with E-state index in [1.54, 1.807) is 21.8 Å². The van der Waals surface area contributed by atoms with E-state index >= 15 is 0 Å². The van der Waals surface area contributed by atoms with Crippen molar-refractivity contribution in [2.45, 2.75) is 44.5 Å². The number of alkyl halides is 3.